The molecule has 1 saturated heterocycles. The van der Waals surface area contributed by atoms with E-state index in [4.69, 9.17) is 14.2 Å². The molecule has 1 aliphatic rings. The molecular formula is C14H21NO3. The van der Waals surface area contributed by atoms with E-state index >= 15 is 0 Å². The lowest BCUT2D eigenvalue weighted by molar-refractivity contribution is -0.0597. The second-order valence-corrected chi connectivity index (χ2v) is 4.62. The maximum atomic E-state index is 5.47. The van der Waals surface area contributed by atoms with Gasteiger partial charge in [-0.1, -0.05) is 6.92 Å². The van der Waals surface area contributed by atoms with Gasteiger partial charge in [0, 0.05) is 12.1 Å². The van der Waals surface area contributed by atoms with Crippen LogP contribution < -0.4 is 14.8 Å². The van der Waals surface area contributed by atoms with Crippen LogP contribution in [0.5, 0.6) is 11.5 Å². The third kappa shape index (κ3) is 2.31. The van der Waals surface area contributed by atoms with Crippen LogP contribution in [0.2, 0.25) is 0 Å². The Balaban J connectivity index is 2.33. The van der Waals surface area contributed by atoms with E-state index < -0.39 is 0 Å². The van der Waals surface area contributed by atoms with E-state index in [2.05, 4.69) is 18.3 Å². The molecule has 1 fully saturated rings. The van der Waals surface area contributed by atoms with Gasteiger partial charge in [-0.3, -0.25) is 0 Å². The smallest absolute Gasteiger partial charge is 0.123 e. The van der Waals surface area contributed by atoms with Gasteiger partial charge in [0.1, 0.15) is 11.5 Å². The van der Waals surface area contributed by atoms with E-state index in [0.29, 0.717) is 0 Å². The number of hydrogen-bond donors (Lipinski definition) is 1. The Kier molecular flexibility index (Phi) is 4.09. The summed E-state index contributed by atoms with van der Waals surface area (Å²) in [6.45, 7) is 5.41. The van der Waals surface area contributed by atoms with Crippen LogP contribution in [0.4, 0.5) is 0 Å². The van der Waals surface area contributed by atoms with Gasteiger partial charge in [-0.15, -0.1) is 0 Å². The molecule has 2 rings (SSSR count). The van der Waals surface area contributed by atoms with Crippen molar-refractivity contribution in [1.29, 1.82) is 0 Å². The van der Waals surface area contributed by atoms with Crippen molar-refractivity contribution in [1.82, 2.24) is 5.32 Å². The van der Waals surface area contributed by atoms with Crippen molar-refractivity contribution in [3.8, 4) is 11.5 Å². The van der Waals surface area contributed by atoms with E-state index in [9.17, 15) is 0 Å². The number of benzene rings is 1. The molecule has 0 aromatic heterocycles. The summed E-state index contributed by atoms with van der Waals surface area (Å²) in [4.78, 5) is 0. The first kappa shape index (κ1) is 13.2. The predicted molar refractivity (Wildman–Crippen MR) is 70.6 cm³/mol. The van der Waals surface area contributed by atoms with E-state index in [0.717, 1.165) is 43.4 Å². The molecule has 4 nitrogen and oxygen atoms in total. The second-order valence-electron chi connectivity index (χ2n) is 4.62. The molecule has 0 amide bonds. The van der Waals surface area contributed by atoms with Crippen LogP contribution in [0, 0.1) is 0 Å². The van der Waals surface area contributed by atoms with Crippen molar-refractivity contribution in [2.24, 2.45) is 0 Å². The van der Waals surface area contributed by atoms with Gasteiger partial charge in [0.2, 0.25) is 0 Å². The normalized spacial score (nSPS) is 17.1. The fourth-order valence-electron chi connectivity index (χ4n) is 2.29. The van der Waals surface area contributed by atoms with Crippen molar-refractivity contribution in [3.63, 3.8) is 0 Å². The number of hydrogen-bond acceptors (Lipinski definition) is 4. The van der Waals surface area contributed by atoms with Crippen molar-refractivity contribution in [2.75, 3.05) is 40.5 Å². The third-order valence-corrected chi connectivity index (χ3v) is 3.45. The molecule has 1 heterocycles. The second kappa shape index (κ2) is 5.59. The summed E-state index contributed by atoms with van der Waals surface area (Å²) in [5.74, 6) is 1.76. The average molecular weight is 251 g/mol. The molecule has 0 bridgehead atoms. The molecule has 1 N–H and O–H groups in total. The number of likely N-dealkylation sites (N-methyl/N-ethyl adjacent to an activating group) is 1. The molecule has 0 atom stereocenters. The molecule has 0 aliphatic carbocycles. The Morgan fingerprint density at radius 3 is 2.56 bits per heavy atom. The van der Waals surface area contributed by atoms with Gasteiger partial charge in [0.15, 0.2) is 0 Å². The fraction of sp³-hybridized carbons (Fsp3) is 0.571. The molecule has 0 unspecified atom stereocenters. The third-order valence-electron chi connectivity index (χ3n) is 3.45. The molecule has 100 valence electrons. The van der Waals surface area contributed by atoms with Gasteiger partial charge in [-0.2, -0.15) is 0 Å². The zero-order chi connectivity index (χ0) is 13.0. The lowest BCUT2D eigenvalue weighted by atomic mass is 9.78. The summed E-state index contributed by atoms with van der Waals surface area (Å²) in [5, 5.41) is 3.40. The minimum absolute atomic E-state index is 0.00981. The van der Waals surface area contributed by atoms with Gasteiger partial charge < -0.3 is 19.5 Å². The van der Waals surface area contributed by atoms with Gasteiger partial charge >= 0.3 is 0 Å². The van der Waals surface area contributed by atoms with Crippen molar-refractivity contribution < 1.29 is 14.2 Å². The molecule has 18 heavy (non-hydrogen) atoms. The number of rotatable bonds is 6. The molecule has 1 aliphatic heterocycles. The Hall–Kier alpha value is -1.26. The van der Waals surface area contributed by atoms with Crippen LogP contribution in [0.15, 0.2) is 18.2 Å². The fourth-order valence-corrected chi connectivity index (χ4v) is 2.29. The topological polar surface area (TPSA) is 39.7 Å². The highest BCUT2D eigenvalue weighted by Gasteiger charge is 2.42. The van der Waals surface area contributed by atoms with Crippen LogP contribution in [0.1, 0.15) is 12.5 Å². The zero-order valence-electron chi connectivity index (χ0n) is 11.3. The molecule has 4 heteroatoms. The standard InChI is InChI=1S/C14H21NO3/c1-4-15-8-14(9-18-10-14)12-7-11(16-2)5-6-13(12)17-3/h5-7,15H,4,8-10H2,1-3H3. The Bertz CT molecular complexity index is 402. The summed E-state index contributed by atoms with van der Waals surface area (Å²) < 4.78 is 16.2. The maximum absolute atomic E-state index is 5.47. The van der Waals surface area contributed by atoms with Crippen LogP contribution in [0.3, 0.4) is 0 Å². The van der Waals surface area contributed by atoms with E-state index in [1.54, 1.807) is 14.2 Å². The van der Waals surface area contributed by atoms with Crippen LogP contribution >= 0.6 is 0 Å². The van der Waals surface area contributed by atoms with Crippen molar-refractivity contribution >= 4 is 0 Å². The predicted octanol–water partition coefficient (Wildman–Crippen LogP) is 1.58. The van der Waals surface area contributed by atoms with Crippen molar-refractivity contribution in [3.05, 3.63) is 23.8 Å². The molecule has 0 radical (unpaired) electrons. The van der Waals surface area contributed by atoms with E-state index in [-0.39, 0.29) is 5.41 Å². The number of methoxy groups -OCH3 is 2. The minimum Gasteiger partial charge on any atom is -0.497 e. The van der Waals surface area contributed by atoms with Crippen LogP contribution in [-0.2, 0) is 10.2 Å². The monoisotopic (exact) mass is 251 g/mol. The SMILES string of the molecule is CCNCC1(c2cc(OC)ccc2OC)COC1. The average Bonchev–Trinajstić information content (AvgIpc) is 2.37. The summed E-state index contributed by atoms with van der Waals surface area (Å²) in [6, 6.07) is 5.93. The number of nitrogens with one attached hydrogen (secondary N) is 1. The first-order chi connectivity index (χ1) is 8.75. The van der Waals surface area contributed by atoms with Crippen LogP contribution in [-0.4, -0.2) is 40.5 Å². The van der Waals surface area contributed by atoms with Gasteiger partial charge in [-0.25, -0.2) is 0 Å². The lowest BCUT2D eigenvalue weighted by Gasteiger charge is -2.42. The van der Waals surface area contributed by atoms with Gasteiger partial charge in [0.25, 0.3) is 0 Å². The summed E-state index contributed by atoms with van der Waals surface area (Å²) in [5.41, 5.74) is 1.17. The highest BCUT2D eigenvalue weighted by molar-refractivity contribution is 5.46. The Morgan fingerprint density at radius 2 is 2.06 bits per heavy atom. The highest BCUT2D eigenvalue weighted by Crippen LogP contribution is 2.39. The lowest BCUT2D eigenvalue weighted by Crippen LogP contribution is -2.53. The van der Waals surface area contributed by atoms with Crippen LogP contribution in [0.25, 0.3) is 0 Å². The summed E-state index contributed by atoms with van der Waals surface area (Å²) >= 11 is 0. The molecule has 1 aromatic carbocycles. The highest BCUT2D eigenvalue weighted by atomic mass is 16.5. The van der Waals surface area contributed by atoms with Gasteiger partial charge in [-0.05, 0) is 24.7 Å². The molecular weight excluding hydrogens is 230 g/mol. The minimum atomic E-state index is 0.00981. The quantitative estimate of drug-likeness (QED) is 0.833. The first-order valence-corrected chi connectivity index (χ1v) is 6.27. The van der Waals surface area contributed by atoms with Gasteiger partial charge in [0.05, 0.1) is 32.8 Å². The molecule has 0 saturated carbocycles. The van der Waals surface area contributed by atoms with Crippen molar-refractivity contribution in [2.45, 2.75) is 12.3 Å². The zero-order valence-corrected chi connectivity index (χ0v) is 11.3. The Morgan fingerprint density at radius 1 is 1.28 bits per heavy atom. The number of ether oxygens (including phenoxy) is 3. The maximum Gasteiger partial charge on any atom is 0.123 e. The van der Waals surface area contributed by atoms with E-state index in [1.165, 1.54) is 0 Å². The summed E-state index contributed by atoms with van der Waals surface area (Å²) in [6.07, 6.45) is 0. The summed E-state index contributed by atoms with van der Waals surface area (Å²) in [7, 11) is 3.38. The first-order valence-electron chi connectivity index (χ1n) is 6.27. The Labute approximate surface area is 108 Å². The van der Waals surface area contributed by atoms with E-state index in [1.807, 2.05) is 12.1 Å². The largest absolute Gasteiger partial charge is 0.497 e. The molecule has 0 spiro atoms. The molecule has 1 aromatic rings.